The summed E-state index contributed by atoms with van der Waals surface area (Å²) < 4.78 is 25.0. The molecule has 12 heteroatoms. The zero-order valence-corrected chi connectivity index (χ0v) is 19.2. The van der Waals surface area contributed by atoms with Crippen molar-refractivity contribution in [2.24, 2.45) is 5.10 Å². The highest BCUT2D eigenvalue weighted by Crippen LogP contribution is 2.34. The molecule has 0 aliphatic rings. The second-order valence-corrected chi connectivity index (χ2v) is 7.70. The van der Waals surface area contributed by atoms with E-state index in [9.17, 15) is 24.6 Å². The van der Waals surface area contributed by atoms with Crippen LogP contribution in [0.25, 0.3) is 0 Å². The molecule has 3 aromatic rings. The normalized spacial score (nSPS) is 10.8. The van der Waals surface area contributed by atoms with Gasteiger partial charge in [0.15, 0.2) is 11.5 Å². The molecule has 0 aliphatic heterocycles. The number of nitro benzene ring substituents is 2. The minimum atomic E-state index is -0.732. The number of nitro groups is 2. The van der Waals surface area contributed by atoms with Gasteiger partial charge in [0, 0.05) is 6.07 Å². The molecule has 0 amide bonds. The van der Waals surface area contributed by atoms with Gasteiger partial charge in [0.2, 0.25) is 0 Å². The summed E-state index contributed by atoms with van der Waals surface area (Å²) >= 11 is 2.07. The number of rotatable bonds is 9. The van der Waals surface area contributed by atoms with E-state index in [0.717, 1.165) is 21.3 Å². The standard InChI is InChI=1S/C21H16FIN4O6/c1-32-20-9-14(8-17(23)21(20)33-12-13-2-4-15(22)5-3-13)11-24-25-18-7-6-16(26(28)29)10-19(18)27(30)31/h2-11,25H,12H2,1H3/b24-11-. The number of hydrogen-bond donors (Lipinski definition) is 1. The highest BCUT2D eigenvalue weighted by Gasteiger charge is 2.19. The number of halogens is 2. The fourth-order valence-electron chi connectivity index (χ4n) is 2.75. The van der Waals surface area contributed by atoms with Gasteiger partial charge in [0.1, 0.15) is 18.1 Å². The highest BCUT2D eigenvalue weighted by molar-refractivity contribution is 14.1. The summed E-state index contributed by atoms with van der Waals surface area (Å²) in [5, 5.41) is 26.1. The van der Waals surface area contributed by atoms with E-state index in [0.29, 0.717) is 17.1 Å². The number of hydrazone groups is 1. The third kappa shape index (κ3) is 6.12. The predicted octanol–water partition coefficient (Wildman–Crippen LogP) is 5.28. The Labute approximate surface area is 200 Å². The Balaban J connectivity index is 1.76. The molecule has 0 saturated heterocycles. The fourth-order valence-corrected chi connectivity index (χ4v) is 3.53. The van der Waals surface area contributed by atoms with Crippen molar-refractivity contribution in [2.75, 3.05) is 12.5 Å². The molecule has 1 N–H and O–H groups in total. The number of anilines is 1. The lowest BCUT2D eigenvalue weighted by Crippen LogP contribution is -2.01. The Morgan fingerprint density at radius 3 is 2.45 bits per heavy atom. The van der Waals surface area contributed by atoms with Crippen molar-refractivity contribution in [3.63, 3.8) is 0 Å². The van der Waals surface area contributed by atoms with Gasteiger partial charge >= 0.3 is 5.69 Å². The van der Waals surface area contributed by atoms with Crippen LogP contribution < -0.4 is 14.9 Å². The number of benzene rings is 3. The molecule has 0 atom stereocenters. The summed E-state index contributed by atoms with van der Waals surface area (Å²) in [5.74, 6) is 0.604. The summed E-state index contributed by atoms with van der Waals surface area (Å²) in [7, 11) is 1.48. The van der Waals surface area contributed by atoms with Crippen LogP contribution in [0.15, 0.2) is 59.7 Å². The van der Waals surface area contributed by atoms with E-state index < -0.39 is 21.2 Å². The molecule has 0 spiro atoms. The van der Waals surface area contributed by atoms with E-state index in [4.69, 9.17) is 9.47 Å². The number of nitrogens with one attached hydrogen (secondary N) is 1. The van der Waals surface area contributed by atoms with E-state index >= 15 is 0 Å². The molecular formula is C21H16FIN4O6. The van der Waals surface area contributed by atoms with Gasteiger partial charge in [-0.05, 0) is 64.0 Å². The molecule has 3 aromatic carbocycles. The average molecular weight is 566 g/mol. The monoisotopic (exact) mass is 566 g/mol. The van der Waals surface area contributed by atoms with Gasteiger partial charge in [0.05, 0.1) is 32.8 Å². The van der Waals surface area contributed by atoms with Crippen molar-refractivity contribution in [1.29, 1.82) is 0 Å². The molecule has 3 rings (SSSR count). The van der Waals surface area contributed by atoms with Gasteiger partial charge in [-0.15, -0.1) is 0 Å². The summed E-state index contributed by atoms with van der Waals surface area (Å²) in [6.07, 6.45) is 1.42. The van der Waals surface area contributed by atoms with E-state index in [2.05, 4.69) is 33.1 Å². The van der Waals surface area contributed by atoms with Gasteiger partial charge in [-0.2, -0.15) is 5.10 Å². The molecule has 0 heterocycles. The first-order chi connectivity index (χ1) is 15.8. The van der Waals surface area contributed by atoms with Crippen LogP contribution >= 0.6 is 22.6 Å². The van der Waals surface area contributed by atoms with Crippen LogP contribution in [0.3, 0.4) is 0 Å². The Bertz CT molecular complexity index is 1220. The van der Waals surface area contributed by atoms with Crippen LogP contribution in [0.5, 0.6) is 11.5 Å². The second-order valence-electron chi connectivity index (χ2n) is 6.53. The second kappa shape index (κ2) is 10.7. The number of ether oxygens (including phenoxy) is 2. The van der Waals surface area contributed by atoms with Crippen molar-refractivity contribution in [2.45, 2.75) is 6.61 Å². The Morgan fingerprint density at radius 1 is 1.09 bits per heavy atom. The van der Waals surface area contributed by atoms with Gasteiger partial charge in [-0.25, -0.2) is 4.39 Å². The van der Waals surface area contributed by atoms with Crippen molar-refractivity contribution in [3.05, 3.63) is 95.3 Å². The third-order valence-corrected chi connectivity index (χ3v) is 5.14. The molecule has 33 heavy (non-hydrogen) atoms. The first-order valence-corrected chi connectivity index (χ1v) is 10.3. The number of methoxy groups -OCH3 is 1. The maximum absolute atomic E-state index is 13.1. The highest BCUT2D eigenvalue weighted by atomic mass is 127. The number of hydrogen-bond acceptors (Lipinski definition) is 8. The van der Waals surface area contributed by atoms with Crippen LogP contribution in [-0.2, 0) is 6.61 Å². The van der Waals surface area contributed by atoms with E-state index in [1.54, 1.807) is 24.3 Å². The Morgan fingerprint density at radius 2 is 1.82 bits per heavy atom. The first kappa shape index (κ1) is 23.8. The van der Waals surface area contributed by atoms with E-state index in [-0.39, 0.29) is 18.1 Å². The third-order valence-electron chi connectivity index (χ3n) is 4.34. The molecule has 0 unspecified atom stereocenters. The number of nitrogens with zero attached hydrogens (tertiary/aromatic N) is 3. The van der Waals surface area contributed by atoms with Gasteiger partial charge in [-0.1, -0.05) is 12.1 Å². The summed E-state index contributed by atoms with van der Waals surface area (Å²) in [6.45, 7) is 0.214. The van der Waals surface area contributed by atoms with E-state index in [1.807, 2.05) is 0 Å². The maximum Gasteiger partial charge on any atom is 0.301 e. The average Bonchev–Trinajstić information content (AvgIpc) is 2.79. The molecular weight excluding hydrogens is 550 g/mol. The van der Waals surface area contributed by atoms with Crippen molar-refractivity contribution in [1.82, 2.24) is 0 Å². The SMILES string of the molecule is COc1cc(/C=N\Nc2ccc([N+](=O)[O-])cc2[N+](=O)[O-])cc(I)c1OCc1ccc(F)cc1. The van der Waals surface area contributed by atoms with Crippen LogP contribution in [0, 0.1) is 29.6 Å². The Hall–Kier alpha value is -3.81. The lowest BCUT2D eigenvalue weighted by molar-refractivity contribution is -0.393. The molecule has 0 fully saturated rings. The minimum absolute atomic E-state index is 0.00256. The zero-order chi connectivity index (χ0) is 24.0. The van der Waals surface area contributed by atoms with Crippen molar-refractivity contribution in [3.8, 4) is 11.5 Å². The molecule has 170 valence electrons. The maximum atomic E-state index is 13.1. The Kier molecular flexibility index (Phi) is 7.71. The molecule has 0 saturated carbocycles. The van der Waals surface area contributed by atoms with Gasteiger partial charge in [0.25, 0.3) is 5.69 Å². The summed E-state index contributed by atoms with van der Waals surface area (Å²) in [5.41, 5.74) is 3.06. The van der Waals surface area contributed by atoms with Crippen LogP contribution in [0.2, 0.25) is 0 Å². The van der Waals surface area contributed by atoms with Crippen molar-refractivity contribution >= 4 is 45.9 Å². The van der Waals surface area contributed by atoms with Crippen LogP contribution in [0.4, 0.5) is 21.5 Å². The van der Waals surface area contributed by atoms with Gasteiger partial charge < -0.3 is 9.47 Å². The number of non-ortho nitro benzene ring substituents is 1. The van der Waals surface area contributed by atoms with Gasteiger partial charge in [-0.3, -0.25) is 25.7 Å². The molecule has 0 aliphatic carbocycles. The van der Waals surface area contributed by atoms with Crippen LogP contribution in [-0.4, -0.2) is 23.2 Å². The zero-order valence-electron chi connectivity index (χ0n) is 17.0. The topological polar surface area (TPSA) is 129 Å². The quantitative estimate of drug-likeness (QED) is 0.162. The van der Waals surface area contributed by atoms with Crippen LogP contribution in [0.1, 0.15) is 11.1 Å². The minimum Gasteiger partial charge on any atom is -0.493 e. The van der Waals surface area contributed by atoms with E-state index in [1.165, 1.54) is 31.5 Å². The molecule has 0 aromatic heterocycles. The lowest BCUT2D eigenvalue weighted by Gasteiger charge is -2.13. The summed E-state index contributed by atoms with van der Waals surface area (Å²) in [4.78, 5) is 20.6. The lowest BCUT2D eigenvalue weighted by atomic mass is 10.2. The predicted molar refractivity (Wildman–Crippen MR) is 127 cm³/mol. The molecule has 10 nitrogen and oxygen atoms in total. The fraction of sp³-hybridized carbons (Fsp3) is 0.0952. The molecule has 0 bridgehead atoms. The smallest absolute Gasteiger partial charge is 0.301 e. The largest absolute Gasteiger partial charge is 0.493 e. The summed E-state index contributed by atoms with van der Waals surface area (Å²) in [6, 6.07) is 12.6. The first-order valence-electron chi connectivity index (χ1n) is 9.25. The molecule has 0 radical (unpaired) electrons. The van der Waals surface area contributed by atoms with Crippen molar-refractivity contribution < 1.29 is 23.7 Å².